The maximum atomic E-state index is 6.74. The third-order valence-electron chi connectivity index (χ3n) is 9.60. The maximum Gasteiger partial charge on any atom is 0.190 e. The first-order valence-corrected chi connectivity index (χ1v) is 17.5. The van der Waals surface area contributed by atoms with Crippen LogP contribution in [0.4, 0.5) is 0 Å². The molecule has 0 spiro atoms. The summed E-state index contributed by atoms with van der Waals surface area (Å²) in [5.41, 5.74) is 2.95. The van der Waals surface area contributed by atoms with Gasteiger partial charge in [0.05, 0.1) is 26.4 Å². The van der Waals surface area contributed by atoms with Crippen molar-refractivity contribution in [1.82, 2.24) is 0 Å². The van der Waals surface area contributed by atoms with Crippen LogP contribution in [-0.2, 0) is 65.3 Å². The van der Waals surface area contributed by atoms with E-state index in [0.717, 1.165) is 16.7 Å². The maximum absolute atomic E-state index is 6.74. The van der Waals surface area contributed by atoms with E-state index in [1.54, 1.807) is 0 Å². The van der Waals surface area contributed by atoms with Crippen LogP contribution in [0.25, 0.3) is 0 Å². The van der Waals surface area contributed by atoms with Gasteiger partial charge in [0.15, 0.2) is 30.4 Å². The first kappa shape index (κ1) is 34.3. The molecular formula is C39H46O11. The van der Waals surface area contributed by atoms with E-state index in [9.17, 15) is 0 Å². The van der Waals surface area contributed by atoms with Crippen molar-refractivity contribution < 1.29 is 52.1 Å². The third kappa shape index (κ3) is 7.41. The Morgan fingerprint density at radius 3 is 1.84 bits per heavy atom. The summed E-state index contributed by atoms with van der Waals surface area (Å²) in [4.78, 5) is 0. The summed E-state index contributed by atoms with van der Waals surface area (Å²) in [7, 11) is 0. The zero-order valence-electron chi connectivity index (χ0n) is 28.8. The van der Waals surface area contributed by atoms with Gasteiger partial charge in [-0.1, -0.05) is 91.0 Å². The predicted octanol–water partition coefficient (Wildman–Crippen LogP) is 5.41. The molecule has 0 radical (unpaired) electrons. The number of hydrogen-bond donors (Lipinski definition) is 0. The van der Waals surface area contributed by atoms with E-state index in [1.165, 1.54) is 0 Å². The van der Waals surface area contributed by atoms with Crippen LogP contribution in [0.15, 0.2) is 91.0 Å². The highest BCUT2D eigenvalue weighted by molar-refractivity contribution is 5.18. The van der Waals surface area contributed by atoms with E-state index in [4.69, 9.17) is 52.1 Å². The number of fused-ring (bicyclic) bond motifs is 4. The monoisotopic (exact) mass is 690 g/mol. The summed E-state index contributed by atoms with van der Waals surface area (Å²) in [6.45, 7) is 8.55. The van der Waals surface area contributed by atoms with Crippen LogP contribution in [0.2, 0.25) is 0 Å². The molecule has 5 aliphatic rings. The molecule has 11 atom stereocenters. The molecule has 5 heterocycles. The van der Waals surface area contributed by atoms with Crippen molar-refractivity contribution in [3.05, 3.63) is 108 Å². The van der Waals surface area contributed by atoms with Gasteiger partial charge in [-0.3, -0.25) is 0 Å². The van der Waals surface area contributed by atoms with Gasteiger partial charge in [0.2, 0.25) is 0 Å². The van der Waals surface area contributed by atoms with Gasteiger partial charge in [0.25, 0.3) is 0 Å². The van der Waals surface area contributed by atoms with E-state index in [2.05, 4.69) is 0 Å². The molecule has 11 heteroatoms. The Bertz CT molecular complexity index is 1540. The minimum atomic E-state index is -0.853. The molecule has 5 aliphatic heterocycles. The van der Waals surface area contributed by atoms with Crippen LogP contribution in [0.5, 0.6) is 0 Å². The lowest BCUT2D eigenvalue weighted by Crippen LogP contribution is -2.64. The molecule has 11 nitrogen and oxygen atoms in total. The fraction of sp³-hybridized carbons (Fsp3) is 0.538. The molecule has 0 bridgehead atoms. The van der Waals surface area contributed by atoms with Gasteiger partial charge in [0.1, 0.15) is 48.8 Å². The van der Waals surface area contributed by atoms with Crippen molar-refractivity contribution in [3.8, 4) is 0 Å². The highest BCUT2D eigenvalue weighted by Crippen LogP contribution is 2.45. The van der Waals surface area contributed by atoms with Gasteiger partial charge < -0.3 is 52.1 Å². The van der Waals surface area contributed by atoms with Gasteiger partial charge in [0, 0.05) is 5.56 Å². The Balaban J connectivity index is 1.06. The Kier molecular flexibility index (Phi) is 9.83. The quantitative estimate of drug-likeness (QED) is 0.273. The molecule has 50 heavy (non-hydrogen) atoms. The summed E-state index contributed by atoms with van der Waals surface area (Å²) >= 11 is 0. The molecule has 0 amide bonds. The summed E-state index contributed by atoms with van der Waals surface area (Å²) in [6, 6.07) is 29.9. The Morgan fingerprint density at radius 1 is 0.580 bits per heavy atom. The summed E-state index contributed by atoms with van der Waals surface area (Å²) in [6.07, 6.45) is -6.16. The minimum absolute atomic E-state index is 0.112. The Hall–Kier alpha value is -2.78. The summed E-state index contributed by atoms with van der Waals surface area (Å²) in [5.74, 6) is -1.66. The minimum Gasteiger partial charge on any atom is -0.368 e. The second kappa shape index (κ2) is 14.3. The number of hydrogen-bond acceptors (Lipinski definition) is 11. The lowest BCUT2D eigenvalue weighted by Gasteiger charge is -2.49. The van der Waals surface area contributed by atoms with Crippen LogP contribution >= 0.6 is 0 Å². The van der Waals surface area contributed by atoms with Crippen molar-refractivity contribution in [2.75, 3.05) is 13.2 Å². The van der Waals surface area contributed by atoms with Crippen molar-refractivity contribution in [2.24, 2.45) is 0 Å². The van der Waals surface area contributed by atoms with Crippen molar-refractivity contribution >= 4 is 0 Å². The van der Waals surface area contributed by atoms with E-state index >= 15 is 0 Å². The highest BCUT2D eigenvalue weighted by atomic mass is 16.9. The molecule has 0 unspecified atom stereocenters. The second-order valence-corrected chi connectivity index (χ2v) is 14.3. The lowest BCUT2D eigenvalue weighted by molar-refractivity contribution is -0.376. The average Bonchev–Trinajstić information content (AvgIpc) is 3.63. The van der Waals surface area contributed by atoms with Crippen LogP contribution in [0, 0.1) is 0 Å². The van der Waals surface area contributed by atoms with Gasteiger partial charge in [-0.2, -0.15) is 0 Å². The number of ether oxygens (including phenoxy) is 11. The van der Waals surface area contributed by atoms with E-state index in [0.29, 0.717) is 13.2 Å². The highest BCUT2D eigenvalue weighted by Gasteiger charge is 2.61. The summed E-state index contributed by atoms with van der Waals surface area (Å²) in [5, 5.41) is 0. The summed E-state index contributed by atoms with van der Waals surface area (Å²) < 4.78 is 71.1. The Labute approximate surface area is 292 Å². The van der Waals surface area contributed by atoms with Gasteiger partial charge >= 0.3 is 0 Å². The van der Waals surface area contributed by atoms with Crippen LogP contribution in [0.1, 0.15) is 50.7 Å². The molecule has 5 saturated heterocycles. The lowest BCUT2D eigenvalue weighted by atomic mass is 9.96. The topological polar surface area (TPSA) is 102 Å². The molecule has 268 valence electrons. The zero-order chi connectivity index (χ0) is 34.3. The van der Waals surface area contributed by atoms with Crippen LogP contribution < -0.4 is 0 Å². The molecule has 0 saturated carbocycles. The van der Waals surface area contributed by atoms with E-state index < -0.39 is 79.3 Å². The molecule has 5 fully saturated rings. The largest absolute Gasteiger partial charge is 0.368 e. The van der Waals surface area contributed by atoms with Crippen molar-refractivity contribution in [3.63, 3.8) is 0 Å². The molecular weight excluding hydrogens is 644 g/mol. The second-order valence-electron chi connectivity index (χ2n) is 14.3. The molecule has 3 aromatic carbocycles. The predicted molar refractivity (Wildman–Crippen MR) is 177 cm³/mol. The zero-order valence-corrected chi connectivity index (χ0v) is 28.8. The van der Waals surface area contributed by atoms with Gasteiger partial charge in [-0.15, -0.1) is 0 Å². The first-order chi connectivity index (χ1) is 24.2. The normalized spacial score (nSPS) is 37.1. The standard InChI is InChI=1S/C39H46O11/c1-38(2)47-30-28(45-37-34(32(30)48-38)49-39(3,4)50-37)23-43-36-33(41-21-25-16-10-6-11-17-25)31(40-20-24-14-8-5-9-15-24)29-27(44-36)22-42-35(46-29)26-18-12-7-13-19-26/h5-19,27-37H,20-23H2,1-4H3/t27-,28-,29-,30+,31+,32+,33+,34-,35-,36+,37-/m1/s1. The Morgan fingerprint density at radius 2 is 1.16 bits per heavy atom. The van der Waals surface area contributed by atoms with Gasteiger partial charge in [-0.25, -0.2) is 0 Å². The molecule has 0 aliphatic carbocycles. The molecule has 3 aromatic rings. The van der Waals surface area contributed by atoms with Crippen LogP contribution in [0.3, 0.4) is 0 Å². The fourth-order valence-electron chi connectivity index (χ4n) is 7.38. The third-order valence-corrected chi connectivity index (χ3v) is 9.60. The molecule has 0 aromatic heterocycles. The fourth-order valence-corrected chi connectivity index (χ4v) is 7.38. The van der Waals surface area contributed by atoms with E-state index in [1.807, 2.05) is 119 Å². The van der Waals surface area contributed by atoms with Crippen molar-refractivity contribution in [1.29, 1.82) is 0 Å². The van der Waals surface area contributed by atoms with E-state index in [-0.39, 0.29) is 13.2 Å². The van der Waals surface area contributed by atoms with Gasteiger partial charge in [-0.05, 0) is 38.8 Å². The van der Waals surface area contributed by atoms with Crippen molar-refractivity contribution in [2.45, 2.75) is 120 Å². The van der Waals surface area contributed by atoms with Crippen LogP contribution in [-0.4, -0.2) is 86.2 Å². The smallest absolute Gasteiger partial charge is 0.190 e. The number of rotatable bonds is 10. The number of benzene rings is 3. The average molecular weight is 691 g/mol. The molecule has 8 rings (SSSR count). The molecule has 0 N–H and O–H groups in total. The first-order valence-electron chi connectivity index (χ1n) is 17.5. The SMILES string of the molecule is CC1(C)O[C@H]2[C@@H](O1)[C@@H](CO[C@H]1O[C@@H]3CO[C@@H](c4ccccc4)O[C@H]3[C@H](OCc3ccccc3)[C@@H]1OCc1ccccc1)O[C@@H]1OC(C)(C)O[C@@H]12.